The van der Waals surface area contributed by atoms with Crippen molar-refractivity contribution in [2.24, 2.45) is 0 Å². The molecule has 2 aromatic rings. The van der Waals surface area contributed by atoms with E-state index in [0.29, 0.717) is 11.5 Å². The summed E-state index contributed by atoms with van der Waals surface area (Å²) >= 11 is 1.28. The number of ether oxygens (including phenoxy) is 3. The molecule has 2 amide bonds. The van der Waals surface area contributed by atoms with Gasteiger partial charge in [-0.05, 0) is 25.1 Å². The molecular formula is C17H15NO6S. The summed E-state index contributed by atoms with van der Waals surface area (Å²) in [7, 11) is 0. The molecule has 1 aromatic heterocycles. The molecule has 3 rings (SSSR count). The zero-order valence-electron chi connectivity index (χ0n) is 13.4. The fourth-order valence-corrected chi connectivity index (χ4v) is 3.41. The van der Waals surface area contributed by atoms with E-state index < -0.39 is 24.6 Å². The number of amides is 2. The molecule has 0 unspecified atom stereocenters. The Hall–Kier alpha value is -2.87. The van der Waals surface area contributed by atoms with Crippen molar-refractivity contribution in [1.29, 1.82) is 0 Å². The smallest absolute Gasteiger partial charge is 0.413 e. The minimum absolute atomic E-state index is 0.142. The number of fused-ring (bicyclic) bond motifs is 3. The van der Waals surface area contributed by atoms with Crippen LogP contribution in [-0.2, 0) is 20.9 Å². The van der Waals surface area contributed by atoms with Crippen molar-refractivity contribution in [2.45, 2.75) is 13.5 Å². The highest BCUT2D eigenvalue weighted by molar-refractivity contribution is 7.17. The molecule has 130 valence electrons. The van der Waals surface area contributed by atoms with E-state index in [0.717, 1.165) is 21.8 Å². The molecule has 0 bridgehead atoms. The highest BCUT2D eigenvalue weighted by atomic mass is 32.1. The van der Waals surface area contributed by atoms with Crippen LogP contribution in [0.15, 0.2) is 30.3 Å². The molecule has 25 heavy (non-hydrogen) atoms. The number of esters is 1. The summed E-state index contributed by atoms with van der Waals surface area (Å²) < 4.78 is 15.2. The van der Waals surface area contributed by atoms with Crippen LogP contribution in [0.1, 0.15) is 22.2 Å². The summed E-state index contributed by atoms with van der Waals surface area (Å²) in [4.78, 5) is 36.1. The Morgan fingerprint density at radius 2 is 2.04 bits per heavy atom. The van der Waals surface area contributed by atoms with Crippen LogP contribution in [0.3, 0.4) is 0 Å². The lowest BCUT2D eigenvalue weighted by Gasteiger charge is -2.16. The maximum atomic E-state index is 12.1. The lowest BCUT2D eigenvalue weighted by molar-refractivity contribution is -0.123. The molecule has 0 radical (unpaired) electrons. The monoisotopic (exact) mass is 361 g/mol. The minimum atomic E-state index is -0.871. The van der Waals surface area contributed by atoms with Crippen LogP contribution in [0.2, 0.25) is 0 Å². The summed E-state index contributed by atoms with van der Waals surface area (Å²) in [5.41, 5.74) is 1.82. The Kier molecular flexibility index (Phi) is 4.99. The first-order valence-electron chi connectivity index (χ1n) is 7.57. The topological polar surface area (TPSA) is 90.9 Å². The number of carbonyl (C=O) groups excluding carboxylic acids is 3. The number of para-hydroxylation sites is 1. The SMILES string of the molecule is CCOC(=O)NC(=O)COC(=O)c1cc2c(s1)-c1ccccc1OC2. The molecule has 0 saturated carbocycles. The number of alkyl carbamates (subject to hydrolysis) is 1. The standard InChI is InChI=1S/C17H15NO6S/c1-2-22-17(21)18-14(19)9-24-16(20)13-7-10-8-23-12-6-4-3-5-11(12)15(10)25-13/h3-7H,2,8-9H2,1H3,(H,18,19,21). The molecule has 2 heterocycles. The largest absolute Gasteiger partial charge is 0.488 e. The van der Waals surface area contributed by atoms with Crippen LogP contribution in [0.4, 0.5) is 4.79 Å². The average molecular weight is 361 g/mol. The lowest BCUT2D eigenvalue weighted by atomic mass is 10.1. The Morgan fingerprint density at radius 1 is 1.24 bits per heavy atom. The molecule has 7 nitrogen and oxygen atoms in total. The number of thiophene rings is 1. The van der Waals surface area contributed by atoms with Crippen LogP contribution in [-0.4, -0.2) is 31.2 Å². The highest BCUT2D eigenvalue weighted by Crippen LogP contribution is 2.42. The van der Waals surface area contributed by atoms with Gasteiger partial charge in [-0.2, -0.15) is 0 Å². The van der Waals surface area contributed by atoms with Gasteiger partial charge in [0.05, 0.1) is 6.61 Å². The number of benzene rings is 1. The van der Waals surface area contributed by atoms with E-state index in [2.05, 4.69) is 4.74 Å². The molecule has 0 atom stereocenters. The van der Waals surface area contributed by atoms with Crippen molar-refractivity contribution in [3.63, 3.8) is 0 Å². The van der Waals surface area contributed by atoms with E-state index in [4.69, 9.17) is 9.47 Å². The number of imide groups is 1. The third kappa shape index (κ3) is 3.80. The molecule has 0 spiro atoms. The second-order valence-corrected chi connectivity index (χ2v) is 6.15. The summed E-state index contributed by atoms with van der Waals surface area (Å²) in [5.74, 6) is -0.608. The van der Waals surface area contributed by atoms with Crippen LogP contribution in [0.5, 0.6) is 5.75 Å². The zero-order valence-corrected chi connectivity index (χ0v) is 14.2. The van der Waals surface area contributed by atoms with Gasteiger partial charge < -0.3 is 14.2 Å². The van der Waals surface area contributed by atoms with Crippen molar-refractivity contribution in [1.82, 2.24) is 5.32 Å². The normalized spacial score (nSPS) is 11.6. The Balaban J connectivity index is 1.64. The molecule has 8 heteroatoms. The number of hydrogen-bond donors (Lipinski definition) is 1. The maximum absolute atomic E-state index is 12.1. The third-order valence-corrected chi connectivity index (χ3v) is 4.57. The van der Waals surface area contributed by atoms with Crippen molar-refractivity contribution >= 4 is 29.3 Å². The van der Waals surface area contributed by atoms with Gasteiger partial charge in [-0.3, -0.25) is 10.1 Å². The quantitative estimate of drug-likeness (QED) is 0.842. The number of carbonyl (C=O) groups is 3. The molecule has 1 aliphatic rings. The highest BCUT2D eigenvalue weighted by Gasteiger charge is 2.23. The first kappa shape index (κ1) is 17.0. The summed E-state index contributed by atoms with van der Waals surface area (Å²) in [5, 5.41) is 1.96. The van der Waals surface area contributed by atoms with E-state index in [9.17, 15) is 14.4 Å². The fourth-order valence-electron chi connectivity index (χ4n) is 2.32. The van der Waals surface area contributed by atoms with Gasteiger partial charge in [-0.25, -0.2) is 9.59 Å². The molecule has 1 aliphatic heterocycles. The predicted octanol–water partition coefficient (Wildman–Crippen LogP) is 2.74. The van der Waals surface area contributed by atoms with Crippen molar-refractivity contribution in [3.05, 3.63) is 40.8 Å². The van der Waals surface area contributed by atoms with Crippen molar-refractivity contribution in [3.8, 4) is 16.2 Å². The molecule has 0 saturated heterocycles. The third-order valence-electron chi connectivity index (χ3n) is 3.38. The van der Waals surface area contributed by atoms with Crippen LogP contribution in [0, 0.1) is 0 Å². The molecule has 0 aliphatic carbocycles. The average Bonchev–Trinajstić information content (AvgIpc) is 3.04. The Labute approximate surface area is 147 Å². The van der Waals surface area contributed by atoms with Gasteiger partial charge in [0.2, 0.25) is 0 Å². The van der Waals surface area contributed by atoms with Gasteiger partial charge in [0, 0.05) is 16.0 Å². The zero-order chi connectivity index (χ0) is 17.8. The number of hydrogen-bond acceptors (Lipinski definition) is 7. The number of nitrogens with one attached hydrogen (secondary N) is 1. The second kappa shape index (κ2) is 7.35. The van der Waals surface area contributed by atoms with E-state index in [1.165, 1.54) is 11.3 Å². The first-order valence-corrected chi connectivity index (χ1v) is 8.38. The van der Waals surface area contributed by atoms with Gasteiger partial charge in [0.1, 0.15) is 17.2 Å². The van der Waals surface area contributed by atoms with Crippen LogP contribution >= 0.6 is 11.3 Å². The van der Waals surface area contributed by atoms with Gasteiger partial charge in [-0.1, -0.05) is 12.1 Å². The Morgan fingerprint density at radius 3 is 2.84 bits per heavy atom. The van der Waals surface area contributed by atoms with Crippen LogP contribution in [0.25, 0.3) is 10.4 Å². The summed E-state index contributed by atoms with van der Waals surface area (Å²) in [6.07, 6.45) is -0.871. The predicted molar refractivity (Wildman–Crippen MR) is 89.5 cm³/mol. The minimum Gasteiger partial charge on any atom is -0.488 e. The van der Waals surface area contributed by atoms with Crippen molar-refractivity contribution < 1.29 is 28.6 Å². The van der Waals surface area contributed by atoms with Crippen molar-refractivity contribution in [2.75, 3.05) is 13.2 Å². The van der Waals surface area contributed by atoms with E-state index in [-0.39, 0.29) is 6.61 Å². The van der Waals surface area contributed by atoms with E-state index >= 15 is 0 Å². The van der Waals surface area contributed by atoms with Gasteiger partial charge >= 0.3 is 12.1 Å². The summed E-state index contributed by atoms with van der Waals surface area (Å²) in [6, 6.07) is 9.27. The number of rotatable bonds is 4. The van der Waals surface area contributed by atoms with E-state index in [1.807, 2.05) is 29.6 Å². The first-order chi connectivity index (χ1) is 12.1. The Bertz CT molecular complexity index is 828. The molecule has 1 aromatic carbocycles. The molecule has 0 fully saturated rings. The van der Waals surface area contributed by atoms with Crippen LogP contribution < -0.4 is 10.1 Å². The van der Waals surface area contributed by atoms with Gasteiger partial charge in [0.15, 0.2) is 6.61 Å². The van der Waals surface area contributed by atoms with Gasteiger partial charge in [-0.15, -0.1) is 11.3 Å². The second-order valence-electron chi connectivity index (χ2n) is 5.09. The molecule has 1 N–H and O–H groups in total. The molecular weight excluding hydrogens is 346 g/mol. The summed E-state index contributed by atoms with van der Waals surface area (Å²) in [6.45, 7) is 1.57. The lowest BCUT2D eigenvalue weighted by Crippen LogP contribution is -2.34. The maximum Gasteiger partial charge on any atom is 0.413 e. The fraction of sp³-hybridized carbons (Fsp3) is 0.235. The van der Waals surface area contributed by atoms with E-state index in [1.54, 1.807) is 13.0 Å². The van der Waals surface area contributed by atoms with Gasteiger partial charge in [0.25, 0.3) is 5.91 Å².